The molecule has 0 aliphatic rings. The largest absolute Gasteiger partial charge is 0.445 e. The van der Waals surface area contributed by atoms with Gasteiger partial charge in [0, 0.05) is 12.2 Å². The van der Waals surface area contributed by atoms with Crippen LogP contribution in [0.2, 0.25) is 0 Å². The average molecular weight is 442 g/mol. The first-order valence-corrected chi connectivity index (χ1v) is 10.5. The molecule has 0 saturated heterocycles. The molecule has 3 amide bonds. The normalized spacial score (nSPS) is 11.7. The van der Waals surface area contributed by atoms with E-state index in [9.17, 15) is 14.4 Å². The number of nitrogens with one attached hydrogen (secondary N) is 3. The molecular weight excluding hydrogens is 410 g/mol. The van der Waals surface area contributed by atoms with Crippen LogP contribution in [0.1, 0.15) is 39.2 Å². The summed E-state index contributed by atoms with van der Waals surface area (Å²) < 4.78 is 10.4. The van der Waals surface area contributed by atoms with E-state index in [1.165, 1.54) is 0 Å². The van der Waals surface area contributed by atoms with E-state index in [-0.39, 0.29) is 12.5 Å². The van der Waals surface area contributed by atoms with E-state index in [2.05, 4.69) is 16.0 Å². The Kier molecular flexibility index (Phi) is 9.53. The molecule has 8 heteroatoms. The van der Waals surface area contributed by atoms with Crippen LogP contribution in [0.15, 0.2) is 60.7 Å². The van der Waals surface area contributed by atoms with Crippen molar-refractivity contribution in [1.29, 1.82) is 0 Å². The predicted molar refractivity (Wildman–Crippen MR) is 122 cm³/mol. The van der Waals surface area contributed by atoms with Gasteiger partial charge in [0.15, 0.2) is 0 Å². The SMILES string of the molecule is CC(C)(C)OC(=O)N[C@@H](CCCNC(=O)OCc1ccccc1)C(=O)Nc1ccccc1. The van der Waals surface area contributed by atoms with Crippen molar-refractivity contribution in [3.63, 3.8) is 0 Å². The third-order valence-corrected chi connectivity index (χ3v) is 4.20. The van der Waals surface area contributed by atoms with Gasteiger partial charge in [0.25, 0.3) is 0 Å². The fourth-order valence-electron chi connectivity index (χ4n) is 2.74. The summed E-state index contributed by atoms with van der Waals surface area (Å²) in [4.78, 5) is 36.8. The highest BCUT2D eigenvalue weighted by Gasteiger charge is 2.24. The van der Waals surface area contributed by atoms with Gasteiger partial charge in [-0.15, -0.1) is 0 Å². The highest BCUT2D eigenvalue weighted by molar-refractivity contribution is 5.96. The van der Waals surface area contributed by atoms with Gasteiger partial charge in [-0.25, -0.2) is 9.59 Å². The van der Waals surface area contributed by atoms with Crippen molar-refractivity contribution in [1.82, 2.24) is 10.6 Å². The second-order valence-electron chi connectivity index (χ2n) is 8.18. The predicted octanol–water partition coefficient (Wildman–Crippen LogP) is 4.23. The second kappa shape index (κ2) is 12.3. The van der Waals surface area contributed by atoms with E-state index >= 15 is 0 Å². The molecule has 0 heterocycles. The van der Waals surface area contributed by atoms with Crippen molar-refractivity contribution < 1.29 is 23.9 Å². The molecule has 2 aromatic carbocycles. The van der Waals surface area contributed by atoms with Crippen LogP contribution in [-0.4, -0.2) is 36.3 Å². The van der Waals surface area contributed by atoms with Gasteiger partial charge < -0.3 is 25.4 Å². The molecule has 0 aromatic heterocycles. The fourth-order valence-corrected chi connectivity index (χ4v) is 2.74. The van der Waals surface area contributed by atoms with Crippen molar-refractivity contribution in [2.45, 2.75) is 51.9 Å². The summed E-state index contributed by atoms with van der Waals surface area (Å²) in [5, 5.41) is 8.04. The van der Waals surface area contributed by atoms with Crippen LogP contribution in [-0.2, 0) is 20.9 Å². The summed E-state index contributed by atoms with van der Waals surface area (Å²) in [6, 6.07) is 17.5. The minimum absolute atomic E-state index is 0.176. The Balaban J connectivity index is 1.83. The van der Waals surface area contributed by atoms with Crippen molar-refractivity contribution in [2.75, 3.05) is 11.9 Å². The molecule has 172 valence electrons. The average Bonchev–Trinajstić information content (AvgIpc) is 2.74. The van der Waals surface area contributed by atoms with Crippen LogP contribution >= 0.6 is 0 Å². The first-order valence-electron chi connectivity index (χ1n) is 10.5. The zero-order valence-corrected chi connectivity index (χ0v) is 18.7. The Morgan fingerprint density at radius 1 is 0.906 bits per heavy atom. The summed E-state index contributed by atoms with van der Waals surface area (Å²) in [5.74, 6) is -0.367. The second-order valence-corrected chi connectivity index (χ2v) is 8.18. The summed E-state index contributed by atoms with van der Waals surface area (Å²) in [7, 11) is 0. The molecule has 0 aliphatic heterocycles. The van der Waals surface area contributed by atoms with Crippen LogP contribution in [0.4, 0.5) is 15.3 Å². The van der Waals surface area contributed by atoms with Crippen LogP contribution in [0, 0.1) is 0 Å². The molecular formula is C24H31N3O5. The minimum Gasteiger partial charge on any atom is -0.445 e. The number of alkyl carbamates (subject to hydrolysis) is 2. The quantitative estimate of drug-likeness (QED) is 0.505. The van der Waals surface area contributed by atoms with Gasteiger partial charge in [-0.2, -0.15) is 0 Å². The summed E-state index contributed by atoms with van der Waals surface area (Å²) in [6.45, 7) is 5.71. The maximum atomic E-state index is 12.7. The van der Waals surface area contributed by atoms with E-state index in [4.69, 9.17) is 9.47 Å². The highest BCUT2D eigenvalue weighted by atomic mass is 16.6. The lowest BCUT2D eigenvalue weighted by molar-refractivity contribution is -0.118. The van der Waals surface area contributed by atoms with Crippen LogP contribution < -0.4 is 16.0 Å². The van der Waals surface area contributed by atoms with Gasteiger partial charge in [0.2, 0.25) is 5.91 Å². The number of carbonyl (C=O) groups excluding carboxylic acids is 3. The zero-order chi connectivity index (χ0) is 23.4. The summed E-state index contributed by atoms with van der Waals surface area (Å²) in [5.41, 5.74) is 0.826. The lowest BCUT2D eigenvalue weighted by Crippen LogP contribution is -2.46. The molecule has 2 aromatic rings. The van der Waals surface area contributed by atoms with Gasteiger partial charge >= 0.3 is 12.2 Å². The molecule has 8 nitrogen and oxygen atoms in total. The maximum Gasteiger partial charge on any atom is 0.408 e. The van der Waals surface area contributed by atoms with Crippen molar-refractivity contribution in [3.8, 4) is 0 Å². The molecule has 0 saturated carbocycles. The zero-order valence-electron chi connectivity index (χ0n) is 18.7. The van der Waals surface area contributed by atoms with E-state index in [0.717, 1.165) is 5.56 Å². The number of carbonyl (C=O) groups is 3. The van der Waals surface area contributed by atoms with Crippen molar-refractivity contribution in [2.24, 2.45) is 0 Å². The minimum atomic E-state index is -0.827. The van der Waals surface area contributed by atoms with Gasteiger partial charge in [-0.3, -0.25) is 4.79 Å². The number of anilines is 1. The number of benzene rings is 2. The molecule has 0 radical (unpaired) electrons. The van der Waals surface area contributed by atoms with Crippen LogP contribution in [0.25, 0.3) is 0 Å². The molecule has 0 bridgehead atoms. The Labute approximate surface area is 188 Å². The van der Waals surface area contributed by atoms with E-state index < -0.39 is 23.8 Å². The van der Waals surface area contributed by atoms with E-state index in [1.54, 1.807) is 45.0 Å². The molecule has 1 atom stereocenters. The van der Waals surface area contributed by atoms with Gasteiger partial charge in [-0.05, 0) is 51.3 Å². The molecule has 0 fully saturated rings. The van der Waals surface area contributed by atoms with Crippen molar-refractivity contribution >= 4 is 23.8 Å². The highest BCUT2D eigenvalue weighted by Crippen LogP contribution is 2.10. The Morgan fingerprint density at radius 2 is 1.53 bits per heavy atom. The lowest BCUT2D eigenvalue weighted by atomic mass is 10.1. The third kappa shape index (κ3) is 9.97. The van der Waals surface area contributed by atoms with E-state index in [0.29, 0.717) is 25.1 Å². The Hall–Kier alpha value is -3.55. The fraction of sp³-hybridized carbons (Fsp3) is 0.375. The number of hydrogen-bond acceptors (Lipinski definition) is 5. The first kappa shape index (κ1) is 24.7. The molecule has 32 heavy (non-hydrogen) atoms. The van der Waals surface area contributed by atoms with Crippen LogP contribution in [0.5, 0.6) is 0 Å². The maximum absolute atomic E-state index is 12.7. The van der Waals surface area contributed by atoms with Crippen molar-refractivity contribution in [3.05, 3.63) is 66.2 Å². The monoisotopic (exact) mass is 441 g/mol. The van der Waals surface area contributed by atoms with Gasteiger partial charge in [0.1, 0.15) is 18.2 Å². The number of hydrogen-bond donors (Lipinski definition) is 3. The topological polar surface area (TPSA) is 106 Å². The smallest absolute Gasteiger partial charge is 0.408 e. The molecule has 0 unspecified atom stereocenters. The number of rotatable bonds is 9. The Morgan fingerprint density at radius 3 is 2.16 bits per heavy atom. The number of para-hydroxylation sites is 1. The molecule has 2 rings (SSSR count). The molecule has 0 spiro atoms. The molecule has 3 N–H and O–H groups in total. The first-order chi connectivity index (χ1) is 15.2. The number of ether oxygens (including phenoxy) is 2. The lowest BCUT2D eigenvalue weighted by Gasteiger charge is -2.23. The standard InChI is InChI=1S/C24H31N3O5/c1-24(2,3)32-23(30)27-20(21(28)26-19-13-8-5-9-14-19)15-10-16-25-22(29)31-17-18-11-6-4-7-12-18/h4-9,11-14,20H,10,15-17H2,1-3H3,(H,25,29)(H,26,28)(H,27,30)/t20-/m0/s1. The van der Waals surface area contributed by atoms with E-state index in [1.807, 2.05) is 36.4 Å². The summed E-state index contributed by atoms with van der Waals surface area (Å²) in [6.07, 6.45) is -0.472. The van der Waals surface area contributed by atoms with Gasteiger partial charge in [0.05, 0.1) is 0 Å². The van der Waals surface area contributed by atoms with Gasteiger partial charge in [-0.1, -0.05) is 48.5 Å². The summed E-state index contributed by atoms with van der Waals surface area (Å²) >= 11 is 0. The van der Waals surface area contributed by atoms with Crippen LogP contribution in [0.3, 0.4) is 0 Å². The third-order valence-electron chi connectivity index (χ3n) is 4.20. The molecule has 0 aliphatic carbocycles. The Bertz CT molecular complexity index is 866. The number of amides is 3.